The van der Waals surface area contributed by atoms with E-state index in [9.17, 15) is 0 Å². The van der Waals surface area contributed by atoms with E-state index in [1.165, 1.54) is 69.6 Å². The Morgan fingerprint density at radius 1 is 0.356 bits per heavy atom. The highest BCUT2D eigenvalue weighted by molar-refractivity contribution is 8.20. The van der Waals surface area contributed by atoms with Crippen LogP contribution in [0.1, 0.15) is 63.5 Å². The summed E-state index contributed by atoms with van der Waals surface area (Å²) in [5.74, 6) is 3.55. The Balaban J connectivity index is 0.000000158. The smallest absolute Gasteiger partial charge is 0.107 e. The summed E-state index contributed by atoms with van der Waals surface area (Å²) < 4.78 is 6.18. The molecule has 0 radical (unpaired) electrons. The Morgan fingerprint density at radius 2 is 0.644 bits per heavy atom. The van der Waals surface area contributed by atoms with Crippen molar-refractivity contribution in [2.24, 2.45) is 5.92 Å². The number of nitrogens with zero attached hydrogens (tertiary/aromatic N) is 2. The van der Waals surface area contributed by atoms with E-state index in [0.717, 1.165) is 5.90 Å². The summed E-state index contributed by atoms with van der Waals surface area (Å²) in [6.07, 6.45) is 5.37. The number of aryl methyl sites for hydroxylation is 1. The lowest BCUT2D eigenvalue weighted by atomic mass is 9.87. The molecule has 0 spiro atoms. The molecule has 3 fully saturated rings. The predicted molar refractivity (Wildman–Crippen MR) is 327 cm³/mol. The van der Waals surface area contributed by atoms with Crippen molar-refractivity contribution in [2.75, 3.05) is 16.2 Å². The molecular weight excluding hydrogens is 957 g/mol. The molecule has 0 aromatic heterocycles. The lowest BCUT2D eigenvalue weighted by Gasteiger charge is -2.55. The van der Waals surface area contributed by atoms with E-state index >= 15 is 0 Å². The van der Waals surface area contributed by atoms with Gasteiger partial charge in [-0.05, 0) is 144 Å². The number of anilines is 1. The van der Waals surface area contributed by atoms with Crippen molar-refractivity contribution < 1.29 is 0 Å². The summed E-state index contributed by atoms with van der Waals surface area (Å²) in [5, 5.41) is 12.0. The minimum atomic E-state index is -1.97. The van der Waals surface area contributed by atoms with Gasteiger partial charge in [0, 0.05) is 0 Å². The maximum Gasteiger partial charge on any atom is 0.250 e. The zero-order valence-electron chi connectivity index (χ0n) is 43.0. The van der Waals surface area contributed by atoms with E-state index in [4.69, 9.17) is 0 Å². The average molecular weight is 1030 g/mol. The Hall–Kier alpha value is -5.54. The van der Waals surface area contributed by atoms with Gasteiger partial charge in [0.15, 0.2) is 0 Å². The van der Waals surface area contributed by atoms with Gasteiger partial charge in [0.25, 0.3) is 0 Å². The van der Waals surface area contributed by atoms with Crippen LogP contribution in [-0.2, 0) is 0 Å². The fourth-order valence-electron chi connectivity index (χ4n) is 12.7. The molecule has 3 aliphatic rings. The van der Waals surface area contributed by atoms with Crippen LogP contribution in [0, 0.1) is 12.8 Å². The summed E-state index contributed by atoms with van der Waals surface area (Å²) in [7, 11) is -7.46. The zero-order valence-corrected chi connectivity index (χ0v) is 46.6. The first-order valence-electron chi connectivity index (χ1n) is 26.5. The first kappa shape index (κ1) is 49.7. The molecule has 364 valence electrons. The summed E-state index contributed by atoms with van der Waals surface area (Å²) in [6.45, 7) is 9.52. The van der Waals surface area contributed by atoms with Crippen LogP contribution < -0.4 is 46.9 Å². The van der Waals surface area contributed by atoms with Crippen LogP contribution in [0.25, 0.3) is 0 Å². The highest BCUT2D eigenvalue weighted by Crippen LogP contribution is 2.93. The number of hydrogen-bond donors (Lipinski definition) is 0. The lowest BCUT2D eigenvalue weighted by molar-refractivity contribution is 0.255. The Morgan fingerprint density at radius 3 is 0.945 bits per heavy atom. The fraction of sp³-hybridized carbons (Fsp3) is 0.194. The van der Waals surface area contributed by atoms with Crippen molar-refractivity contribution in [3.05, 3.63) is 272 Å². The van der Waals surface area contributed by atoms with Crippen molar-refractivity contribution >= 4 is 77.8 Å². The molecule has 12 rings (SSSR count). The van der Waals surface area contributed by atoms with Crippen molar-refractivity contribution in [3.8, 4) is 0 Å². The highest BCUT2D eigenvalue weighted by Gasteiger charge is 2.83. The van der Waals surface area contributed by atoms with E-state index in [1.807, 2.05) is 0 Å². The number of para-hydroxylation sites is 1. The first-order valence-corrected chi connectivity index (χ1v) is 34.2. The van der Waals surface area contributed by atoms with Crippen LogP contribution in [-0.4, -0.2) is 22.3 Å². The van der Waals surface area contributed by atoms with E-state index in [1.54, 1.807) is 21.2 Å². The number of hydrogen-bond acceptors (Lipinski definition) is 2. The number of benzene rings is 9. The zero-order chi connectivity index (χ0) is 49.9. The van der Waals surface area contributed by atoms with Gasteiger partial charge in [-0.25, -0.2) is 0 Å². The molecule has 1 aliphatic carbocycles. The average Bonchev–Trinajstić information content (AvgIpc) is 3.44. The molecule has 9 aromatic carbocycles. The third kappa shape index (κ3) is 8.57. The van der Waals surface area contributed by atoms with Gasteiger partial charge in [-0.3, -0.25) is 0 Å². The molecule has 1 saturated carbocycles. The molecule has 2 unspecified atom stereocenters. The maximum atomic E-state index is 3.18. The monoisotopic (exact) mass is 1030 g/mol. The molecule has 2 nitrogen and oxygen atoms in total. The van der Waals surface area contributed by atoms with Crippen LogP contribution in [0.5, 0.6) is 0 Å². The standard InChI is InChI=1S/C35H35NP2.C32H35NP2/c1-28(2)34-26-16-17-29(3)35(34)36-37(30-18-8-4-9-19-30,31-20-10-5-11-21-31)27-38(36,32-22-12-6-13-23-32)33-24-14-7-15-25-33;1-27-16-14-15-25-32(27)33-34(28-17-6-2-7-18-28,29-19-8-3-9-20-29)26-35(33,30-21-10-4-11-22-30)31-23-12-5-13-24-31/h4-26,28H,27H2,1-3H3;2-13,17-24,27,32H,14-16,25-26H2,1H3/q2*+2. The van der Waals surface area contributed by atoms with E-state index < -0.39 is 29.7 Å². The van der Waals surface area contributed by atoms with Gasteiger partial charge in [0.1, 0.15) is 48.1 Å². The molecule has 2 heterocycles. The molecule has 0 amide bonds. The van der Waals surface area contributed by atoms with Crippen LogP contribution in [0.4, 0.5) is 5.69 Å². The maximum absolute atomic E-state index is 3.18. The Kier molecular flexibility index (Phi) is 14.5. The summed E-state index contributed by atoms with van der Waals surface area (Å²) >= 11 is 0. The summed E-state index contributed by atoms with van der Waals surface area (Å²) in [6, 6.07) is 99.1. The molecule has 0 N–H and O–H groups in total. The molecule has 73 heavy (non-hydrogen) atoms. The molecule has 2 saturated heterocycles. The van der Waals surface area contributed by atoms with Gasteiger partial charge in [-0.15, -0.1) is 4.44 Å². The first-order chi connectivity index (χ1) is 35.9. The second kappa shape index (κ2) is 21.4. The third-order valence-corrected chi connectivity index (χ3v) is 39.2. The second-order valence-electron chi connectivity index (χ2n) is 20.7. The molecule has 0 bridgehead atoms. The summed E-state index contributed by atoms with van der Waals surface area (Å²) in [5.41, 5.74) is 4.25. The molecule has 9 aromatic rings. The van der Waals surface area contributed by atoms with Gasteiger partial charge in [0.2, 0.25) is 41.5 Å². The molecular formula is C67H70N2P4+4. The van der Waals surface area contributed by atoms with E-state index in [-0.39, 0.29) is 0 Å². The minimum absolute atomic E-state index is 0.424. The molecule has 6 heteroatoms. The van der Waals surface area contributed by atoms with Crippen LogP contribution in [0.15, 0.2) is 261 Å². The molecule has 2 atom stereocenters. The van der Waals surface area contributed by atoms with Crippen LogP contribution in [0.3, 0.4) is 0 Å². The fourth-order valence-corrected chi connectivity index (χ4v) is 41.5. The van der Waals surface area contributed by atoms with Gasteiger partial charge < -0.3 is 0 Å². The largest absolute Gasteiger partial charge is 0.250 e. The van der Waals surface area contributed by atoms with E-state index in [2.05, 4.69) is 297 Å². The molecule has 2 aliphatic heterocycles. The van der Waals surface area contributed by atoms with Crippen molar-refractivity contribution in [3.63, 3.8) is 0 Å². The van der Waals surface area contributed by atoms with Crippen molar-refractivity contribution in [2.45, 2.75) is 65.3 Å². The van der Waals surface area contributed by atoms with Gasteiger partial charge in [-0.2, -0.15) is 0 Å². The van der Waals surface area contributed by atoms with Crippen LogP contribution in [0.2, 0.25) is 0 Å². The quantitative estimate of drug-likeness (QED) is 0.119. The third-order valence-electron chi connectivity index (χ3n) is 16.1. The number of rotatable bonds is 11. The summed E-state index contributed by atoms with van der Waals surface area (Å²) in [4.78, 5) is 0. The van der Waals surface area contributed by atoms with Crippen molar-refractivity contribution in [1.82, 2.24) is 4.44 Å². The Bertz CT molecular complexity index is 2860. The normalized spacial score (nSPS) is 19.4. The SMILES string of the molecule is CC1CCCCC1N1[P+](c2ccccc2)(c2ccccc2)C[P+]1(c1ccccc1)c1ccccc1.Cc1cccc(C(C)C)c1N1[P+](c2ccccc2)(c2ccccc2)C[P+]1(c1ccccc1)c1ccccc1. The minimum Gasteiger partial charge on any atom is -0.107 e. The van der Waals surface area contributed by atoms with Gasteiger partial charge in [-0.1, -0.05) is 197 Å². The van der Waals surface area contributed by atoms with Gasteiger partial charge >= 0.3 is 0 Å². The Labute approximate surface area is 439 Å². The van der Waals surface area contributed by atoms with E-state index in [0.29, 0.717) is 17.9 Å². The predicted octanol–water partition coefficient (Wildman–Crippen LogP) is 15.1. The lowest BCUT2D eigenvalue weighted by Crippen LogP contribution is -2.59. The second-order valence-corrected chi connectivity index (χ2v) is 35.5. The van der Waals surface area contributed by atoms with Gasteiger partial charge in [0.05, 0.1) is 6.04 Å². The topological polar surface area (TPSA) is 6.48 Å². The highest BCUT2D eigenvalue weighted by atomic mass is 31.3. The van der Waals surface area contributed by atoms with Crippen molar-refractivity contribution in [1.29, 1.82) is 0 Å². The van der Waals surface area contributed by atoms with Crippen LogP contribution >= 0.6 is 29.7 Å².